The first-order valence-electron chi connectivity index (χ1n) is 15.0. The second-order valence-corrected chi connectivity index (χ2v) is 19.1. The number of ether oxygens (including phenoxy) is 1. The first kappa shape index (κ1) is 35.7. The number of hydrogen-bond acceptors (Lipinski definition) is 7. The van der Waals surface area contributed by atoms with Crippen LogP contribution in [-0.4, -0.2) is 83.0 Å². The normalized spacial score (nSPS) is 14.6. The molecule has 0 saturated carbocycles. The Morgan fingerprint density at radius 1 is 0.956 bits per heavy atom. The number of rotatable bonds is 7. The summed E-state index contributed by atoms with van der Waals surface area (Å²) in [4.78, 5) is 57.9. The zero-order valence-electron chi connectivity index (χ0n) is 28.0. The fraction of sp³-hybridized carbons (Fsp3) is 0.581. The summed E-state index contributed by atoms with van der Waals surface area (Å²) in [5, 5.41) is 5.27. The number of halogens is 1. The summed E-state index contributed by atoms with van der Waals surface area (Å²) < 4.78 is 27.6. The van der Waals surface area contributed by atoms with E-state index in [4.69, 9.17) is 9.16 Å². The average Bonchev–Trinajstić information content (AvgIpc) is 2.90. The summed E-state index contributed by atoms with van der Waals surface area (Å²) in [6.45, 7) is 20.1. The van der Waals surface area contributed by atoms with Gasteiger partial charge >= 0.3 is 17.8 Å². The van der Waals surface area contributed by atoms with E-state index in [0.29, 0.717) is 11.3 Å². The van der Waals surface area contributed by atoms with E-state index in [1.54, 1.807) is 32.9 Å². The van der Waals surface area contributed by atoms with Gasteiger partial charge in [0.2, 0.25) is 0 Å². The summed E-state index contributed by atoms with van der Waals surface area (Å²) in [6.07, 6.45) is 0.724. The number of nitrogens with zero attached hydrogens (tertiary/aromatic N) is 4. The Hall–Kier alpha value is -3.78. The molecule has 1 saturated heterocycles. The van der Waals surface area contributed by atoms with Gasteiger partial charge in [-0.25, -0.2) is 18.8 Å². The number of alkyl carbamates (subject to hydrolysis) is 1. The van der Waals surface area contributed by atoms with Gasteiger partial charge in [-0.05, 0) is 71.0 Å². The van der Waals surface area contributed by atoms with Crippen molar-refractivity contribution in [2.75, 3.05) is 31.5 Å². The van der Waals surface area contributed by atoms with Gasteiger partial charge in [0, 0.05) is 43.5 Å². The van der Waals surface area contributed by atoms with Crippen molar-refractivity contribution in [3.8, 4) is 5.69 Å². The van der Waals surface area contributed by atoms with E-state index in [9.17, 15) is 23.6 Å². The molecular formula is C31H47FN6O6Si. The highest BCUT2D eigenvalue weighted by atomic mass is 28.4. The maximum atomic E-state index is 14.9. The van der Waals surface area contributed by atoms with Gasteiger partial charge in [-0.1, -0.05) is 26.8 Å². The van der Waals surface area contributed by atoms with Crippen LogP contribution in [0.1, 0.15) is 61.0 Å². The Labute approximate surface area is 265 Å². The topological polar surface area (TPSA) is 135 Å². The van der Waals surface area contributed by atoms with Crippen LogP contribution >= 0.6 is 0 Å². The van der Waals surface area contributed by atoms with Gasteiger partial charge in [-0.2, -0.15) is 4.98 Å². The van der Waals surface area contributed by atoms with Crippen molar-refractivity contribution in [1.29, 1.82) is 0 Å². The van der Waals surface area contributed by atoms with Gasteiger partial charge in [0.15, 0.2) is 13.9 Å². The largest absolute Gasteiger partial charge is 0.433 e. The van der Waals surface area contributed by atoms with Crippen LogP contribution in [0, 0.1) is 5.82 Å². The van der Waals surface area contributed by atoms with E-state index >= 15 is 0 Å². The van der Waals surface area contributed by atoms with Crippen molar-refractivity contribution in [1.82, 2.24) is 24.7 Å². The number of piperazine rings is 1. The van der Waals surface area contributed by atoms with Crippen LogP contribution in [0.3, 0.4) is 0 Å². The number of aromatic nitrogens is 2. The van der Waals surface area contributed by atoms with E-state index in [2.05, 4.69) is 49.5 Å². The molecule has 1 fully saturated rings. The molecule has 2 aromatic rings. The van der Waals surface area contributed by atoms with Crippen LogP contribution in [0.5, 0.6) is 0 Å². The quantitative estimate of drug-likeness (QED) is 0.410. The Morgan fingerprint density at radius 3 is 2.09 bits per heavy atom. The molecule has 3 rings (SSSR count). The van der Waals surface area contributed by atoms with E-state index < -0.39 is 43.1 Å². The SMILES string of the molecule is CC(C)(C)NC(=O)OC(C)(C)C(=O)N1CCN(C(=O)Nc2ccn(-c3ccc(CO[Si](C)(C)C(C)(C)C)c(F)c3)c(=O)n2)CC1. The maximum Gasteiger partial charge on any atom is 0.408 e. The minimum atomic E-state index is -2.06. The lowest BCUT2D eigenvalue weighted by molar-refractivity contribution is -0.149. The van der Waals surface area contributed by atoms with Crippen LogP contribution in [-0.2, 0) is 20.6 Å². The molecule has 45 heavy (non-hydrogen) atoms. The summed E-state index contributed by atoms with van der Waals surface area (Å²) in [7, 11) is -2.06. The van der Waals surface area contributed by atoms with E-state index in [1.165, 1.54) is 46.5 Å². The Bertz CT molecular complexity index is 1470. The Kier molecular flexibility index (Phi) is 10.5. The van der Waals surface area contributed by atoms with Gasteiger partial charge in [-0.3, -0.25) is 14.7 Å². The molecule has 1 aromatic carbocycles. The highest BCUT2D eigenvalue weighted by Gasteiger charge is 2.39. The van der Waals surface area contributed by atoms with Crippen molar-refractivity contribution in [3.05, 3.63) is 52.3 Å². The van der Waals surface area contributed by atoms with E-state index in [-0.39, 0.29) is 49.5 Å². The van der Waals surface area contributed by atoms with Crippen molar-refractivity contribution >= 4 is 32.2 Å². The van der Waals surface area contributed by atoms with E-state index in [0.717, 1.165) is 0 Å². The lowest BCUT2D eigenvalue weighted by atomic mass is 10.1. The molecule has 12 nitrogen and oxygen atoms in total. The van der Waals surface area contributed by atoms with Crippen molar-refractivity contribution in [2.24, 2.45) is 0 Å². The molecule has 248 valence electrons. The van der Waals surface area contributed by atoms with Gasteiger partial charge in [0.05, 0.1) is 12.3 Å². The van der Waals surface area contributed by atoms with E-state index in [1.807, 2.05) is 0 Å². The molecule has 0 spiro atoms. The number of benzene rings is 1. The molecule has 0 bridgehead atoms. The van der Waals surface area contributed by atoms with Gasteiger partial charge in [-0.15, -0.1) is 0 Å². The zero-order chi connectivity index (χ0) is 34.0. The molecule has 2 N–H and O–H groups in total. The van der Waals surface area contributed by atoms with Crippen molar-refractivity contribution < 1.29 is 27.9 Å². The summed E-state index contributed by atoms with van der Waals surface area (Å²) in [6, 6.07) is 5.45. The molecule has 0 aliphatic carbocycles. The molecule has 0 atom stereocenters. The molecule has 1 aliphatic rings. The molecule has 14 heteroatoms. The smallest absolute Gasteiger partial charge is 0.408 e. The second kappa shape index (κ2) is 13.3. The van der Waals surface area contributed by atoms with Crippen LogP contribution < -0.4 is 16.3 Å². The number of carbonyl (C=O) groups excluding carboxylic acids is 3. The predicted octanol–water partition coefficient (Wildman–Crippen LogP) is 4.87. The minimum absolute atomic E-state index is 0.00799. The molecular weight excluding hydrogens is 599 g/mol. The Morgan fingerprint density at radius 2 is 1.56 bits per heavy atom. The molecule has 2 heterocycles. The Balaban J connectivity index is 1.57. The van der Waals surface area contributed by atoms with Crippen LogP contribution in [0.4, 0.5) is 19.8 Å². The third-order valence-electron chi connectivity index (χ3n) is 7.94. The first-order chi connectivity index (χ1) is 20.6. The average molecular weight is 647 g/mol. The van der Waals surface area contributed by atoms with Crippen LogP contribution in [0.25, 0.3) is 5.69 Å². The van der Waals surface area contributed by atoms with Crippen LogP contribution in [0.2, 0.25) is 18.1 Å². The molecule has 1 aliphatic heterocycles. The van der Waals surface area contributed by atoms with Crippen LogP contribution in [0.15, 0.2) is 35.3 Å². The van der Waals surface area contributed by atoms with Crippen molar-refractivity contribution in [3.63, 3.8) is 0 Å². The number of nitrogens with one attached hydrogen (secondary N) is 2. The number of hydrogen-bond donors (Lipinski definition) is 2. The summed E-state index contributed by atoms with van der Waals surface area (Å²) >= 11 is 0. The standard InChI is InChI=1S/C31H47FN6O6Si/c1-29(2,3)35-28(42)44-31(7,8)25(39)36-15-17-37(18-16-36)26(40)33-24-13-14-38(27(41)34-24)22-12-11-21(23(32)19-22)20-43-45(9,10)30(4,5)6/h11-14,19H,15-18,20H2,1-10H3,(H,35,42)(H,33,34,40,41). The van der Waals surface area contributed by atoms with Gasteiger partial charge < -0.3 is 24.3 Å². The fourth-order valence-corrected chi connectivity index (χ4v) is 5.19. The summed E-state index contributed by atoms with van der Waals surface area (Å²) in [5.41, 5.74) is -1.90. The molecule has 0 radical (unpaired) electrons. The van der Waals surface area contributed by atoms with Crippen molar-refractivity contribution in [2.45, 2.75) is 91.3 Å². The first-order valence-corrected chi connectivity index (χ1v) is 17.9. The lowest BCUT2D eigenvalue weighted by Gasteiger charge is -2.38. The predicted molar refractivity (Wildman–Crippen MR) is 172 cm³/mol. The second-order valence-electron chi connectivity index (χ2n) is 14.3. The third-order valence-corrected chi connectivity index (χ3v) is 12.4. The highest BCUT2D eigenvalue weighted by Crippen LogP contribution is 2.37. The molecule has 0 unspecified atom stereocenters. The van der Waals surface area contributed by atoms with Gasteiger partial charge in [0.1, 0.15) is 11.6 Å². The lowest BCUT2D eigenvalue weighted by Crippen LogP contribution is -2.57. The monoisotopic (exact) mass is 646 g/mol. The number of amides is 4. The summed E-state index contributed by atoms with van der Waals surface area (Å²) in [5.74, 6) is -0.820. The molecule has 1 aromatic heterocycles. The molecule has 4 amide bonds. The number of carbonyl (C=O) groups is 3. The number of anilines is 1. The zero-order valence-corrected chi connectivity index (χ0v) is 29.0. The highest BCUT2D eigenvalue weighted by molar-refractivity contribution is 6.74. The number of urea groups is 1. The van der Waals surface area contributed by atoms with Gasteiger partial charge in [0.25, 0.3) is 5.91 Å². The fourth-order valence-electron chi connectivity index (χ4n) is 4.24. The maximum absolute atomic E-state index is 14.9. The minimum Gasteiger partial charge on any atom is -0.433 e. The third kappa shape index (κ3) is 9.36.